The van der Waals surface area contributed by atoms with Crippen molar-refractivity contribution in [1.82, 2.24) is 4.90 Å². The second-order valence-corrected chi connectivity index (χ2v) is 10.4. The van der Waals surface area contributed by atoms with Gasteiger partial charge in [0.2, 0.25) is 0 Å². The minimum Gasteiger partial charge on any atom is -0.455 e. The fourth-order valence-electron chi connectivity index (χ4n) is 7.84. The van der Waals surface area contributed by atoms with Crippen molar-refractivity contribution < 1.29 is 28.5 Å². The van der Waals surface area contributed by atoms with Crippen LogP contribution in [0.15, 0.2) is 42.5 Å². The number of esters is 1. The molecule has 5 fully saturated rings. The molecule has 7 rings (SSSR count). The van der Waals surface area contributed by atoms with Crippen LogP contribution in [0.2, 0.25) is 0 Å². The third-order valence-electron chi connectivity index (χ3n) is 8.94. The van der Waals surface area contributed by atoms with Crippen molar-refractivity contribution in [1.29, 1.82) is 0 Å². The van der Waals surface area contributed by atoms with Crippen LogP contribution in [0.3, 0.4) is 0 Å². The van der Waals surface area contributed by atoms with E-state index in [0.29, 0.717) is 36.4 Å². The zero-order chi connectivity index (χ0) is 22.3. The van der Waals surface area contributed by atoms with Gasteiger partial charge in [-0.05, 0) is 36.5 Å². The molecule has 3 heterocycles. The molecule has 1 aromatic rings. The first-order chi connectivity index (χ1) is 16.2. The third kappa shape index (κ3) is 3.03. The first-order valence-corrected chi connectivity index (χ1v) is 12.3. The van der Waals surface area contributed by atoms with Crippen molar-refractivity contribution in [2.75, 3.05) is 13.7 Å². The number of benzene rings is 1. The zero-order valence-corrected chi connectivity index (χ0v) is 19.0. The number of methoxy groups -OCH3 is 1. The molecule has 2 bridgehead atoms. The van der Waals surface area contributed by atoms with Gasteiger partial charge in [-0.25, -0.2) is 0 Å². The van der Waals surface area contributed by atoms with Crippen molar-refractivity contribution in [3.05, 3.63) is 48.0 Å². The molecular formula is C26H31NO6. The van der Waals surface area contributed by atoms with Gasteiger partial charge >= 0.3 is 5.97 Å². The Morgan fingerprint density at radius 2 is 1.88 bits per heavy atom. The number of carbonyl (C=O) groups is 1. The highest BCUT2D eigenvalue weighted by Gasteiger charge is 2.74. The second kappa shape index (κ2) is 7.62. The van der Waals surface area contributed by atoms with Gasteiger partial charge in [-0.2, -0.15) is 0 Å². The van der Waals surface area contributed by atoms with Crippen LogP contribution in [0.1, 0.15) is 31.6 Å². The lowest BCUT2D eigenvalue weighted by Crippen LogP contribution is -2.66. The van der Waals surface area contributed by atoms with E-state index < -0.39 is 18.7 Å². The van der Waals surface area contributed by atoms with Gasteiger partial charge in [-0.1, -0.05) is 42.5 Å². The molecule has 3 aliphatic heterocycles. The Bertz CT molecular complexity index is 953. The molecule has 0 N–H and O–H groups in total. The number of likely N-dealkylation sites (tertiary alicyclic amines) is 1. The Hall–Kier alpha value is -1.77. The number of rotatable bonds is 4. The van der Waals surface area contributed by atoms with Crippen LogP contribution >= 0.6 is 0 Å². The Labute approximate surface area is 193 Å². The lowest BCUT2D eigenvalue weighted by molar-refractivity contribution is -0.347. The number of piperidine rings is 1. The van der Waals surface area contributed by atoms with Crippen molar-refractivity contribution in [2.24, 2.45) is 23.7 Å². The van der Waals surface area contributed by atoms with E-state index in [1.54, 1.807) is 7.11 Å². The Kier molecular flexibility index (Phi) is 4.75. The molecule has 8 unspecified atom stereocenters. The molecule has 6 aliphatic rings. The van der Waals surface area contributed by atoms with Crippen LogP contribution in [0.25, 0.3) is 0 Å². The smallest absolute Gasteiger partial charge is 0.303 e. The maximum atomic E-state index is 12.1. The maximum Gasteiger partial charge on any atom is 0.303 e. The lowest BCUT2D eigenvalue weighted by Gasteiger charge is -2.49. The minimum atomic E-state index is -0.640. The SMILES string of the molecule is CO[C@H]1O[C@@H]2COC(c3ccccc3)O[C@H]2[C@@H](N2C3C4CC(C5CC=CC54)C32)[C@@H]1OC(C)=O. The number of hydrogen-bond donors (Lipinski definition) is 0. The van der Waals surface area contributed by atoms with Crippen molar-refractivity contribution in [2.45, 2.75) is 68.8 Å². The lowest BCUT2D eigenvalue weighted by atomic mass is 9.82. The minimum absolute atomic E-state index is 0.115. The average molecular weight is 454 g/mol. The first-order valence-electron chi connectivity index (χ1n) is 12.3. The second-order valence-electron chi connectivity index (χ2n) is 10.4. The zero-order valence-electron chi connectivity index (χ0n) is 19.0. The Balaban J connectivity index is 1.22. The van der Waals surface area contributed by atoms with Crippen LogP contribution < -0.4 is 0 Å². The fraction of sp³-hybridized carbons (Fsp3) is 0.654. The van der Waals surface area contributed by atoms with Crippen LogP contribution in [0.5, 0.6) is 0 Å². The van der Waals surface area contributed by atoms with E-state index in [9.17, 15) is 4.79 Å². The van der Waals surface area contributed by atoms with Crippen molar-refractivity contribution in [3.63, 3.8) is 0 Å². The monoisotopic (exact) mass is 453 g/mol. The van der Waals surface area contributed by atoms with Gasteiger partial charge in [0.25, 0.3) is 0 Å². The van der Waals surface area contributed by atoms with E-state index in [4.69, 9.17) is 23.7 Å². The van der Waals surface area contributed by atoms with Crippen LogP contribution in [-0.2, 0) is 28.5 Å². The van der Waals surface area contributed by atoms with E-state index >= 15 is 0 Å². The Morgan fingerprint density at radius 3 is 2.67 bits per heavy atom. The fourth-order valence-corrected chi connectivity index (χ4v) is 7.84. The standard InChI is InChI=1S/C26H31NO6/c1-13(28)31-24-22(27-20-17-11-18(21(20)27)16-10-6-9-15(16)17)23-19(32-26(24)29-2)12-30-25(33-23)14-7-4-3-5-8-14/h3-9,15-26H,10-12H2,1-2H3/t15?,16?,17?,18?,19-,20?,21?,22-,23-,24+,25?,26+,27?/m1/s1. The summed E-state index contributed by atoms with van der Waals surface area (Å²) in [7, 11) is 1.61. The largest absolute Gasteiger partial charge is 0.455 e. The number of hydrogen-bond acceptors (Lipinski definition) is 7. The molecule has 0 aromatic heterocycles. The topological polar surface area (TPSA) is 66.2 Å². The van der Waals surface area contributed by atoms with Gasteiger partial charge in [-0.15, -0.1) is 0 Å². The highest BCUT2D eigenvalue weighted by atomic mass is 16.8. The summed E-state index contributed by atoms with van der Waals surface area (Å²) in [4.78, 5) is 14.7. The molecule has 33 heavy (non-hydrogen) atoms. The molecule has 7 heteroatoms. The number of fused-ring (bicyclic) bond motifs is 9. The summed E-state index contributed by atoms with van der Waals surface area (Å²) in [5.41, 5.74) is 0.985. The van der Waals surface area contributed by atoms with Gasteiger partial charge < -0.3 is 23.7 Å². The molecule has 0 amide bonds. The van der Waals surface area contributed by atoms with E-state index in [-0.39, 0.29) is 24.2 Å². The molecule has 2 saturated carbocycles. The molecule has 1 aromatic carbocycles. The van der Waals surface area contributed by atoms with Gasteiger partial charge in [0.15, 0.2) is 18.7 Å². The molecule has 7 nitrogen and oxygen atoms in total. The van der Waals surface area contributed by atoms with E-state index in [2.05, 4.69) is 17.1 Å². The number of carbonyl (C=O) groups excluding carboxylic acids is 1. The molecule has 13 atom stereocenters. The van der Waals surface area contributed by atoms with Gasteiger partial charge in [-0.3, -0.25) is 9.69 Å². The first kappa shape index (κ1) is 20.6. The third-order valence-corrected chi connectivity index (χ3v) is 8.94. The summed E-state index contributed by atoms with van der Waals surface area (Å²) in [6, 6.07) is 11.0. The van der Waals surface area contributed by atoms with Crippen LogP contribution in [0.4, 0.5) is 0 Å². The van der Waals surface area contributed by atoms with Crippen molar-refractivity contribution >= 4 is 5.97 Å². The quantitative estimate of drug-likeness (QED) is 0.395. The molecule has 3 saturated heterocycles. The summed E-state index contributed by atoms with van der Waals surface area (Å²) in [6.07, 6.45) is 5.18. The number of allylic oxidation sites excluding steroid dienone is 2. The molecule has 0 radical (unpaired) electrons. The van der Waals surface area contributed by atoms with Gasteiger partial charge in [0, 0.05) is 31.7 Å². The summed E-state index contributed by atoms with van der Waals surface area (Å²) < 4.78 is 30.5. The van der Waals surface area contributed by atoms with Crippen LogP contribution in [0, 0.1) is 23.7 Å². The van der Waals surface area contributed by atoms with Gasteiger partial charge in [0.1, 0.15) is 12.2 Å². The highest BCUT2D eigenvalue weighted by molar-refractivity contribution is 5.66. The molecule has 3 aliphatic carbocycles. The van der Waals surface area contributed by atoms with Crippen molar-refractivity contribution in [3.8, 4) is 0 Å². The summed E-state index contributed by atoms with van der Waals surface area (Å²) >= 11 is 0. The van der Waals surface area contributed by atoms with E-state index in [0.717, 1.165) is 11.5 Å². The van der Waals surface area contributed by atoms with Crippen LogP contribution in [-0.4, -0.2) is 67.3 Å². The predicted molar refractivity (Wildman–Crippen MR) is 117 cm³/mol. The molecule has 176 valence electrons. The maximum absolute atomic E-state index is 12.1. The van der Waals surface area contributed by atoms with E-state index in [1.807, 2.05) is 30.3 Å². The molecular weight excluding hydrogens is 422 g/mol. The van der Waals surface area contributed by atoms with Gasteiger partial charge in [0.05, 0.1) is 12.6 Å². The number of ether oxygens (including phenoxy) is 5. The predicted octanol–water partition coefficient (Wildman–Crippen LogP) is 2.67. The molecule has 0 spiro atoms. The Morgan fingerprint density at radius 1 is 1.06 bits per heavy atom. The highest BCUT2D eigenvalue weighted by Crippen LogP contribution is 2.67. The summed E-state index contributed by atoms with van der Waals surface area (Å²) in [5, 5.41) is 0. The summed E-state index contributed by atoms with van der Waals surface area (Å²) in [5.74, 6) is 2.55. The summed E-state index contributed by atoms with van der Waals surface area (Å²) in [6.45, 7) is 1.87. The number of nitrogens with zero attached hydrogens (tertiary/aromatic N) is 1. The van der Waals surface area contributed by atoms with E-state index in [1.165, 1.54) is 19.8 Å². The normalized spacial score (nSPS) is 51.0. The average Bonchev–Trinajstić information content (AvgIpc) is 3.15.